The first-order valence-electron chi connectivity index (χ1n) is 5.49. The summed E-state index contributed by atoms with van der Waals surface area (Å²) < 4.78 is 13.1. The van der Waals surface area contributed by atoms with E-state index in [0.29, 0.717) is 6.54 Å². The van der Waals surface area contributed by atoms with E-state index in [2.05, 4.69) is 0 Å². The van der Waals surface area contributed by atoms with Crippen LogP contribution in [0, 0.1) is 5.82 Å². The Balaban J connectivity index is 2.27. The number of benzene rings is 2. The number of rotatable bonds is 3. The zero-order valence-electron chi connectivity index (χ0n) is 9.73. The molecule has 0 spiro atoms. The molecule has 17 heavy (non-hydrogen) atoms. The van der Waals surface area contributed by atoms with Gasteiger partial charge in [0.1, 0.15) is 5.82 Å². The van der Waals surface area contributed by atoms with Crippen LogP contribution in [0.1, 0.15) is 5.56 Å². The molecule has 0 bridgehead atoms. The lowest BCUT2D eigenvalue weighted by Gasteiger charge is -2.19. The van der Waals surface area contributed by atoms with Crippen molar-refractivity contribution < 1.29 is 4.39 Å². The predicted molar refractivity (Wildman–Crippen MR) is 68.8 cm³/mol. The number of halogens is 1. The normalized spacial score (nSPS) is 10.3. The van der Waals surface area contributed by atoms with Gasteiger partial charge in [-0.1, -0.05) is 18.2 Å². The Morgan fingerprint density at radius 1 is 1.06 bits per heavy atom. The van der Waals surface area contributed by atoms with Gasteiger partial charge in [-0.05, 0) is 35.9 Å². The maximum absolute atomic E-state index is 13.1. The lowest BCUT2D eigenvalue weighted by Crippen LogP contribution is -2.09. The standard InChI is InChI=1S/C14H15FN2/c1-17(14-4-2-3-12(15)9-14)13-7-5-11(10-16)6-8-13/h2-9H,10,16H2,1H3. The summed E-state index contributed by atoms with van der Waals surface area (Å²) in [6, 6.07) is 14.4. The molecule has 2 N–H and O–H groups in total. The average Bonchev–Trinajstić information content (AvgIpc) is 2.38. The lowest BCUT2D eigenvalue weighted by molar-refractivity contribution is 0.628. The summed E-state index contributed by atoms with van der Waals surface area (Å²) in [4.78, 5) is 1.93. The molecule has 0 saturated heterocycles. The van der Waals surface area contributed by atoms with Gasteiger partial charge in [-0.25, -0.2) is 4.39 Å². The maximum atomic E-state index is 13.1. The monoisotopic (exact) mass is 230 g/mol. The summed E-state index contributed by atoms with van der Waals surface area (Å²) >= 11 is 0. The fraction of sp³-hybridized carbons (Fsp3) is 0.143. The van der Waals surface area contributed by atoms with Gasteiger partial charge >= 0.3 is 0 Å². The van der Waals surface area contributed by atoms with Gasteiger partial charge in [0.25, 0.3) is 0 Å². The zero-order chi connectivity index (χ0) is 12.3. The van der Waals surface area contributed by atoms with E-state index in [9.17, 15) is 4.39 Å². The van der Waals surface area contributed by atoms with Gasteiger partial charge in [-0.15, -0.1) is 0 Å². The first kappa shape index (κ1) is 11.6. The highest BCUT2D eigenvalue weighted by molar-refractivity contribution is 5.62. The van der Waals surface area contributed by atoms with Crippen LogP contribution in [0.25, 0.3) is 0 Å². The molecular formula is C14H15FN2. The van der Waals surface area contributed by atoms with Crippen molar-refractivity contribution in [1.82, 2.24) is 0 Å². The summed E-state index contributed by atoms with van der Waals surface area (Å²) in [6.45, 7) is 0.532. The second-order valence-corrected chi connectivity index (χ2v) is 3.91. The Morgan fingerprint density at radius 3 is 2.35 bits per heavy atom. The molecule has 0 atom stereocenters. The second-order valence-electron chi connectivity index (χ2n) is 3.91. The van der Waals surface area contributed by atoms with Gasteiger partial charge in [0, 0.05) is 25.0 Å². The number of nitrogens with zero attached hydrogens (tertiary/aromatic N) is 1. The van der Waals surface area contributed by atoms with Crippen molar-refractivity contribution in [2.75, 3.05) is 11.9 Å². The molecule has 0 aliphatic rings. The minimum absolute atomic E-state index is 0.229. The smallest absolute Gasteiger partial charge is 0.125 e. The zero-order valence-corrected chi connectivity index (χ0v) is 9.73. The third-order valence-corrected chi connectivity index (χ3v) is 2.75. The van der Waals surface area contributed by atoms with Gasteiger partial charge in [-0.3, -0.25) is 0 Å². The molecule has 88 valence electrons. The van der Waals surface area contributed by atoms with Gasteiger partial charge in [0.15, 0.2) is 0 Å². The van der Waals surface area contributed by atoms with E-state index < -0.39 is 0 Å². The molecule has 2 nitrogen and oxygen atoms in total. The molecule has 0 heterocycles. The summed E-state index contributed by atoms with van der Waals surface area (Å²) in [7, 11) is 1.91. The average molecular weight is 230 g/mol. The molecule has 0 saturated carbocycles. The fourth-order valence-corrected chi connectivity index (χ4v) is 1.69. The van der Waals surface area contributed by atoms with Gasteiger partial charge in [-0.2, -0.15) is 0 Å². The third kappa shape index (κ3) is 2.63. The summed E-state index contributed by atoms with van der Waals surface area (Å²) in [5, 5.41) is 0. The Kier molecular flexibility index (Phi) is 3.40. The summed E-state index contributed by atoms with van der Waals surface area (Å²) in [5.41, 5.74) is 8.46. The van der Waals surface area contributed by atoms with Crippen LogP contribution in [0.2, 0.25) is 0 Å². The van der Waals surface area contributed by atoms with E-state index in [-0.39, 0.29) is 5.82 Å². The number of nitrogens with two attached hydrogens (primary N) is 1. The van der Waals surface area contributed by atoms with Crippen molar-refractivity contribution in [1.29, 1.82) is 0 Å². The van der Waals surface area contributed by atoms with E-state index in [1.807, 2.05) is 42.3 Å². The highest BCUT2D eigenvalue weighted by Gasteiger charge is 2.04. The van der Waals surface area contributed by atoms with Crippen molar-refractivity contribution in [3.63, 3.8) is 0 Å². The van der Waals surface area contributed by atoms with Crippen LogP contribution >= 0.6 is 0 Å². The Morgan fingerprint density at radius 2 is 1.76 bits per heavy atom. The molecule has 0 amide bonds. The minimum atomic E-state index is -0.229. The Hall–Kier alpha value is -1.87. The molecule has 0 aromatic heterocycles. The van der Waals surface area contributed by atoms with Crippen LogP contribution in [-0.4, -0.2) is 7.05 Å². The Bertz CT molecular complexity index is 494. The summed E-state index contributed by atoms with van der Waals surface area (Å²) in [6.07, 6.45) is 0. The van der Waals surface area contributed by atoms with E-state index in [4.69, 9.17) is 5.73 Å². The van der Waals surface area contributed by atoms with Crippen molar-refractivity contribution in [3.8, 4) is 0 Å². The maximum Gasteiger partial charge on any atom is 0.125 e. The van der Waals surface area contributed by atoms with E-state index in [1.54, 1.807) is 6.07 Å². The highest BCUT2D eigenvalue weighted by atomic mass is 19.1. The van der Waals surface area contributed by atoms with Crippen molar-refractivity contribution >= 4 is 11.4 Å². The fourth-order valence-electron chi connectivity index (χ4n) is 1.69. The van der Waals surface area contributed by atoms with E-state index in [0.717, 1.165) is 16.9 Å². The first-order chi connectivity index (χ1) is 8.20. The van der Waals surface area contributed by atoms with Crippen molar-refractivity contribution in [3.05, 3.63) is 59.9 Å². The molecule has 0 fully saturated rings. The van der Waals surface area contributed by atoms with Gasteiger partial charge < -0.3 is 10.6 Å². The minimum Gasteiger partial charge on any atom is -0.345 e. The molecule has 2 aromatic carbocycles. The Labute approximate surface area is 100 Å². The van der Waals surface area contributed by atoms with Crippen molar-refractivity contribution in [2.24, 2.45) is 5.73 Å². The van der Waals surface area contributed by atoms with Crippen LogP contribution in [0.3, 0.4) is 0 Å². The largest absolute Gasteiger partial charge is 0.345 e. The number of hydrogen-bond acceptors (Lipinski definition) is 2. The van der Waals surface area contributed by atoms with Crippen LogP contribution in [0.15, 0.2) is 48.5 Å². The second kappa shape index (κ2) is 4.97. The molecule has 0 unspecified atom stereocenters. The molecule has 2 rings (SSSR count). The van der Waals surface area contributed by atoms with E-state index >= 15 is 0 Å². The van der Waals surface area contributed by atoms with Crippen LogP contribution in [0.4, 0.5) is 15.8 Å². The molecular weight excluding hydrogens is 215 g/mol. The molecule has 0 aliphatic heterocycles. The van der Waals surface area contributed by atoms with Crippen LogP contribution in [-0.2, 0) is 6.54 Å². The van der Waals surface area contributed by atoms with Gasteiger partial charge in [0.05, 0.1) is 0 Å². The third-order valence-electron chi connectivity index (χ3n) is 2.75. The topological polar surface area (TPSA) is 29.3 Å². The molecule has 3 heteroatoms. The first-order valence-corrected chi connectivity index (χ1v) is 5.49. The summed E-state index contributed by atoms with van der Waals surface area (Å²) in [5.74, 6) is -0.229. The van der Waals surface area contributed by atoms with Crippen LogP contribution < -0.4 is 10.6 Å². The lowest BCUT2D eigenvalue weighted by atomic mass is 10.2. The number of hydrogen-bond donors (Lipinski definition) is 1. The SMILES string of the molecule is CN(c1ccc(CN)cc1)c1cccc(F)c1. The molecule has 0 radical (unpaired) electrons. The highest BCUT2D eigenvalue weighted by Crippen LogP contribution is 2.24. The van der Waals surface area contributed by atoms with E-state index in [1.165, 1.54) is 12.1 Å². The molecule has 2 aromatic rings. The van der Waals surface area contributed by atoms with Gasteiger partial charge in [0.2, 0.25) is 0 Å². The predicted octanol–water partition coefficient (Wildman–Crippen LogP) is 3.05. The quantitative estimate of drug-likeness (QED) is 0.878. The number of anilines is 2. The van der Waals surface area contributed by atoms with Crippen LogP contribution in [0.5, 0.6) is 0 Å². The van der Waals surface area contributed by atoms with Crippen molar-refractivity contribution in [2.45, 2.75) is 6.54 Å². The molecule has 0 aliphatic carbocycles.